The summed E-state index contributed by atoms with van der Waals surface area (Å²) in [5.74, 6) is 0.459. The summed E-state index contributed by atoms with van der Waals surface area (Å²) in [4.78, 5) is 12.3. The summed E-state index contributed by atoms with van der Waals surface area (Å²) < 4.78 is -0.293. The molecule has 4 nitrogen and oxygen atoms in total. The normalized spacial score (nSPS) is 11.0. The van der Waals surface area contributed by atoms with Crippen molar-refractivity contribution in [2.45, 2.75) is 21.5 Å². The number of phenolic OH excluding ortho intramolecular Hbond substituents is 2. The predicted molar refractivity (Wildman–Crippen MR) is 84.4 cm³/mol. The Hall–Kier alpha value is -1.34. The fraction of sp³-hybridized carbons (Fsp3) is 0.200. The van der Waals surface area contributed by atoms with Crippen LogP contribution in [0.15, 0.2) is 58.3 Å². The van der Waals surface area contributed by atoms with Gasteiger partial charge in [0, 0.05) is 9.79 Å². The molecule has 0 atom stereocenters. The van der Waals surface area contributed by atoms with Gasteiger partial charge in [-0.1, -0.05) is 23.5 Å². The molecule has 0 heterocycles. The van der Waals surface area contributed by atoms with Crippen LogP contribution in [0.4, 0.5) is 0 Å². The minimum absolute atomic E-state index is 0.229. The zero-order valence-electron chi connectivity index (χ0n) is 11.4. The van der Waals surface area contributed by atoms with Crippen molar-refractivity contribution >= 4 is 23.5 Å². The van der Waals surface area contributed by atoms with Crippen molar-refractivity contribution in [1.29, 1.82) is 0 Å². The van der Waals surface area contributed by atoms with Crippen LogP contribution < -0.4 is 0 Å². The van der Waals surface area contributed by atoms with Crippen LogP contribution in [0, 0.1) is 0 Å². The topological polar surface area (TPSA) is 58.9 Å². The Labute approximate surface area is 132 Å². The standard InChI is InChI=1S/C15H16O4S2/c1-2-18-19-15(20-13-7-3-11(16)4-8-13)21-14-9-5-12(17)6-10-14/h3-10,15-17H,2H2,1H3. The highest BCUT2D eigenvalue weighted by molar-refractivity contribution is 8.16. The number of rotatable bonds is 7. The summed E-state index contributed by atoms with van der Waals surface area (Å²) in [7, 11) is 0. The largest absolute Gasteiger partial charge is 0.508 e. The molecule has 0 aromatic heterocycles. The minimum Gasteiger partial charge on any atom is -0.508 e. The quantitative estimate of drug-likeness (QED) is 0.344. The molecule has 2 aromatic rings. The number of thioether (sulfide) groups is 2. The number of benzene rings is 2. The number of hydrogen-bond donors (Lipinski definition) is 2. The zero-order chi connectivity index (χ0) is 15.1. The van der Waals surface area contributed by atoms with Gasteiger partial charge in [-0.3, -0.25) is 0 Å². The van der Waals surface area contributed by atoms with E-state index in [1.807, 2.05) is 31.2 Å². The second-order valence-corrected chi connectivity index (χ2v) is 6.58. The van der Waals surface area contributed by atoms with Crippen LogP contribution in [0.1, 0.15) is 6.92 Å². The van der Waals surface area contributed by atoms with Crippen molar-refractivity contribution in [3.05, 3.63) is 48.5 Å². The van der Waals surface area contributed by atoms with Crippen molar-refractivity contribution in [2.24, 2.45) is 0 Å². The second kappa shape index (κ2) is 8.19. The van der Waals surface area contributed by atoms with Crippen LogP contribution in [-0.4, -0.2) is 21.6 Å². The molecular weight excluding hydrogens is 308 g/mol. The SMILES string of the molecule is CCOOC(Sc1ccc(O)cc1)Sc1ccc(O)cc1. The molecule has 0 saturated carbocycles. The second-order valence-electron chi connectivity index (χ2n) is 4.01. The van der Waals surface area contributed by atoms with Crippen LogP contribution in [0.3, 0.4) is 0 Å². The lowest BCUT2D eigenvalue weighted by atomic mass is 10.3. The summed E-state index contributed by atoms with van der Waals surface area (Å²) in [6.07, 6.45) is 0. The maximum absolute atomic E-state index is 9.30. The molecule has 0 aliphatic heterocycles. The molecule has 2 rings (SSSR count). The van der Waals surface area contributed by atoms with Gasteiger partial charge < -0.3 is 10.2 Å². The van der Waals surface area contributed by atoms with E-state index >= 15 is 0 Å². The number of phenols is 2. The molecule has 112 valence electrons. The Balaban J connectivity index is 2.02. The molecule has 0 radical (unpaired) electrons. The zero-order valence-corrected chi connectivity index (χ0v) is 13.1. The lowest BCUT2D eigenvalue weighted by molar-refractivity contribution is -0.283. The van der Waals surface area contributed by atoms with Gasteiger partial charge in [0.1, 0.15) is 11.5 Å². The van der Waals surface area contributed by atoms with Gasteiger partial charge in [0.2, 0.25) is 0 Å². The van der Waals surface area contributed by atoms with Crippen LogP contribution in [-0.2, 0) is 9.78 Å². The third kappa shape index (κ3) is 5.51. The first-order chi connectivity index (χ1) is 10.2. The van der Waals surface area contributed by atoms with E-state index in [0.29, 0.717) is 6.61 Å². The highest BCUT2D eigenvalue weighted by atomic mass is 32.2. The molecule has 0 fully saturated rings. The van der Waals surface area contributed by atoms with Crippen molar-refractivity contribution in [2.75, 3.05) is 6.61 Å². The summed E-state index contributed by atoms with van der Waals surface area (Å²) in [6.45, 7) is 2.32. The Bertz CT molecular complexity index is 495. The Morgan fingerprint density at radius 3 is 1.67 bits per heavy atom. The van der Waals surface area contributed by atoms with E-state index in [1.165, 1.54) is 23.5 Å². The minimum atomic E-state index is -0.293. The highest BCUT2D eigenvalue weighted by Crippen LogP contribution is 2.37. The van der Waals surface area contributed by atoms with Gasteiger partial charge >= 0.3 is 0 Å². The molecule has 0 aliphatic rings. The van der Waals surface area contributed by atoms with Crippen LogP contribution in [0.2, 0.25) is 0 Å². The first-order valence-corrected chi connectivity index (χ1v) is 8.13. The maximum Gasteiger partial charge on any atom is 0.193 e. The molecule has 0 bridgehead atoms. The number of hydrogen-bond acceptors (Lipinski definition) is 6. The fourth-order valence-electron chi connectivity index (χ4n) is 1.46. The van der Waals surface area contributed by atoms with Crippen LogP contribution >= 0.6 is 23.5 Å². The average Bonchev–Trinajstić information content (AvgIpc) is 2.49. The first-order valence-electron chi connectivity index (χ1n) is 6.37. The van der Waals surface area contributed by atoms with Gasteiger partial charge in [-0.15, -0.1) is 0 Å². The van der Waals surface area contributed by atoms with Crippen LogP contribution in [0.25, 0.3) is 0 Å². The number of aromatic hydroxyl groups is 2. The van der Waals surface area contributed by atoms with Crippen molar-refractivity contribution < 1.29 is 20.0 Å². The Morgan fingerprint density at radius 1 is 0.857 bits per heavy atom. The van der Waals surface area contributed by atoms with Crippen molar-refractivity contribution in [3.8, 4) is 11.5 Å². The van der Waals surface area contributed by atoms with E-state index in [0.717, 1.165) is 9.79 Å². The summed E-state index contributed by atoms with van der Waals surface area (Å²) in [6, 6.07) is 13.8. The summed E-state index contributed by atoms with van der Waals surface area (Å²) in [5.41, 5.74) is 0. The molecule has 0 amide bonds. The third-order valence-corrected chi connectivity index (χ3v) is 4.61. The van der Waals surface area contributed by atoms with Gasteiger partial charge in [-0.05, 0) is 55.5 Å². The maximum atomic E-state index is 9.30. The van der Waals surface area contributed by atoms with E-state index in [2.05, 4.69) is 0 Å². The predicted octanol–water partition coefficient (Wildman–Crippen LogP) is 4.23. The molecule has 0 spiro atoms. The van der Waals surface area contributed by atoms with Gasteiger partial charge in [0.25, 0.3) is 0 Å². The Morgan fingerprint density at radius 2 is 1.29 bits per heavy atom. The lowest BCUT2D eigenvalue weighted by Gasteiger charge is -2.15. The van der Waals surface area contributed by atoms with E-state index in [9.17, 15) is 10.2 Å². The van der Waals surface area contributed by atoms with E-state index in [1.54, 1.807) is 24.3 Å². The Kier molecular flexibility index (Phi) is 6.25. The molecule has 2 N–H and O–H groups in total. The average molecular weight is 324 g/mol. The molecule has 6 heteroatoms. The molecule has 2 aromatic carbocycles. The van der Waals surface area contributed by atoms with E-state index in [4.69, 9.17) is 9.78 Å². The van der Waals surface area contributed by atoms with Gasteiger partial charge in [0.15, 0.2) is 4.77 Å². The van der Waals surface area contributed by atoms with Gasteiger partial charge in [0.05, 0.1) is 6.61 Å². The van der Waals surface area contributed by atoms with Gasteiger partial charge in [-0.2, -0.15) is 0 Å². The molecular formula is C15H16O4S2. The fourth-order valence-corrected chi connectivity index (χ4v) is 3.54. The smallest absolute Gasteiger partial charge is 0.193 e. The van der Waals surface area contributed by atoms with E-state index in [-0.39, 0.29) is 16.3 Å². The molecule has 0 aliphatic carbocycles. The highest BCUT2D eigenvalue weighted by Gasteiger charge is 2.14. The summed E-state index contributed by atoms with van der Waals surface area (Å²) >= 11 is 2.96. The van der Waals surface area contributed by atoms with E-state index < -0.39 is 0 Å². The van der Waals surface area contributed by atoms with Crippen LogP contribution in [0.5, 0.6) is 11.5 Å². The third-order valence-electron chi connectivity index (χ3n) is 2.40. The molecule has 21 heavy (non-hydrogen) atoms. The molecule has 0 saturated heterocycles. The first kappa shape index (κ1) is 16.0. The molecule has 0 unspecified atom stereocenters. The van der Waals surface area contributed by atoms with Crippen molar-refractivity contribution in [3.63, 3.8) is 0 Å². The monoisotopic (exact) mass is 324 g/mol. The summed E-state index contributed by atoms with van der Waals surface area (Å²) in [5, 5.41) is 18.6. The van der Waals surface area contributed by atoms with Crippen molar-refractivity contribution in [1.82, 2.24) is 0 Å². The van der Waals surface area contributed by atoms with Gasteiger partial charge in [-0.25, -0.2) is 9.78 Å². The lowest BCUT2D eigenvalue weighted by Crippen LogP contribution is -2.04.